The van der Waals surface area contributed by atoms with E-state index in [9.17, 15) is 0 Å². The Kier molecular flexibility index (Phi) is 8.98. The Labute approximate surface area is 50.3 Å². The number of rotatable bonds is 0. The lowest BCUT2D eigenvalue weighted by atomic mass is 12.0. The Balaban J connectivity index is 0. The maximum absolute atomic E-state index is 9.00. The highest BCUT2D eigenvalue weighted by Gasteiger charge is 1.41. The molecule has 0 rings (SSSR count). The molecule has 0 aliphatic heterocycles. The van der Waals surface area contributed by atoms with Crippen LogP contribution in [0.25, 0.3) is 0 Å². The molecule has 0 heterocycles. The van der Waals surface area contributed by atoms with E-state index in [1.165, 1.54) is 0 Å². The Morgan fingerprint density at radius 3 is 1.80 bits per heavy atom. The summed E-state index contributed by atoms with van der Waals surface area (Å²) in [5, 5.41) is 0. The normalized spacial score (nSPS) is 12.4. The molecule has 0 spiro atoms. The fourth-order valence-electron chi connectivity index (χ4n) is 0. The molecule has 4 heteroatoms. The van der Waals surface area contributed by atoms with Crippen molar-refractivity contribution in [2.75, 3.05) is 6.26 Å². The minimum Gasteiger partial charge on any atom is -0.773 e. The molecule has 34 valence electrons. The molecule has 1 unspecified atom stereocenters. The van der Waals surface area contributed by atoms with Gasteiger partial charge in [-0.2, -0.15) is 0 Å². The zero-order valence-corrected chi connectivity index (χ0v) is 5.78. The Morgan fingerprint density at radius 1 is 1.80 bits per heavy atom. The topological polar surface area (TPSA) is 40.1 Å². The quantitative estimate of drug-likeness (QED) is 0.418. The molecule has 1 atom stereocenters. The van der Waals surface area contributed by atoms with Crippen molar-refractivity contribution in [1.29, 1.82) is 0 Å². The molecular weight excluding hydrogens is 203 g/mol. The first-order chi connectivity index (χ1) is 1.73. The zero-order valence-electron chi connectivity index (χ0n) is 2.63. The van der Waals surface area contributed by atoms with Crippen molar-refractivity contribution in [2.24, 2.45) is 0 Å². The Bertz CT molecular complexity index is 32.6. The molecule has 0 aromatic heterocycles. The third-order valence-corrected chi connectivity index (χ3v) is 0. The molecule has 0 saturated heterocycles. The van der Waals surface area contributed by atoms with Crippen LogP contribution in [-0.4, -0.2) is 15.0 Å². The van der Waals surface area contributed by atoms with Crippen molar-refractivity contribution in [3.63, 3.8) is 0 Å². The Morgan fingerprint density at radius 2 is 1.80 bits per heavy atom. The van der Waals surface area contributed by atoms with Crippen LogP contribution in [-0.2, 0) is 11.1 Å². The van der Waals surface area contributed by atoms with E-state index in [1.807, 2.05) is 0 Å². The lowest BCUT2D eigenvalue weighted by Gasteiger charge is -1.85. The van der Waals surface area contributed by atoms with Gasteiger partial charge in [-0.3, -0.25) is 4.21 Å². The van der Waals surface area contributed by atoms with Crippen molar-refractivity contribution in [3.8, 4) is 0 Å². The van der Waals surface area contributed by atoms with E-state index in [1.54, 1.807) is 0 Å². The summed E-state index contributed by atoms with van der Waals surface area (Å²) >= 11 is -1.86. The molecule has 0 bridgehead atoms. The van der Waals surface area contributed by atoms with Gasteiger partial charge in [0.25, 0.3) is 0 Å². The first-order valence-corrected chi connectivity index (χ1v) is 2.22. The summed E-state index contributed by atoms with van der Waals surface area (Å²) in [4.78, 5) is 0. The van der Waals surface area contributed by atoms with Gasteiger partial charge in [0, 0.05) is 0 Å². The van der Waals surface area contributed by atoms with Gasteiger partial charge in [0.1, 0.15) is 0 Å². The molecule has 0 fully saturated rings. The summed E-state index contributed by atoms with van der Waals surface area (Å²) in [5.74, 6) is 0. The second-order valence-electron chi connectivity index (χ2n) is 0.401. The highest BCUT2D eigenvalue weighted by molar-refractivity contribution is 14.0. The zero-order chi connectivity index (χ0) is 3.58. The maximum atomic E-state index is 9.00. The predicted molar refractivity (Wildman–Crippen MR) is 30.3 cm³/mol. The van der Waals surface area contributed by atoms with E-state index in [0.29, 0.717) is 0 Å². The van der Waals surface area contributed by atoms with E-state index in [4.69, 9.17) is 8.76 Å². The first-order valence-electron chi connectivity index (χ1n) is 0.742. The molecule has 0 aromatic rings. The van der Waals surface area contributed by atoms with Gasteiger partial charge >= 0.3 is 0 Å². The fraction of sp³-hybridized carbons (Fsp3) is 1.00. The monoisotopic (exact) mass is 207 g/mol. The van der Waals surface area contributed by atoms with Crippen LogP contribution in [0.3, 0.4) is 0 Å². The molecule has 0 saturated carbocycles. The van der Waals surface area contributed by atoms with Gasteiger partial charge in [-0.1, -0.05) is 11.1 Å². The predicted octanol–water partition coefficient (Wildman–Crippen LogP) is 0.113. The molecule has 0 amide bonds. The van der Waals surface area contributed by atoms with E-state index >= 15 is 0 Å². The molecule has 0 aromatic carbocycles. The van der Waals surface area contributed by atoms with Crippen LogP contribution in [0.2, 0.25) is 0 Å². The van der Waals surface area contributed by atoms with E-state index < -0.39 is 11.1 Å². The van der Waals surface area contributed by atoms with Gasteiger partial charge in [0.2, 0.25) is 0 Å². The molecule has 0 N–H and O–H groups in total. The van der Waals surface area contributed by atoms with Gasteiger partial charge in [0.05, 0.1) is 0 Å². The molecule has 2 nitrogen and oxygen atoms in total. The van der Waals surface area contributed by atoms with Crippen LogP contribution in [0.15, 0.2) is 0 Å². The standard InChI is InChI=1S/CH4O2S.HI/c1-4(2)3;/h1H3,(H,2,3);1H/p-1. The summed E-state index contributed by atoms with van der Waals surface area (Å²) in [5.41, 5.74) is 0. The molecule has 5 heavy (non-hydrogen) atoms. The molecule has 0 radical (unpaired) electrons. The summed E-state index contributed by atoms with van der Waals surface area (Å²) in [6.45, 7) is 0. The van der Waals surface area contributed by atoms with E-state index in [0.717, 1.165) is 6.26 Å². The van der Waals surface area contributed by atoms with Gasteiger partial charge in [-0.15, -0.1) is 24.0 Å². The third kappa shape index (κ3) is 55.3. The summed E-state index contributed by atoms with van der Waals surface area (Å²) in [6, 6.07) is 0. The highest BCUT2D eigenvalue weighted by Crippen LogP contribution is 1.45. The first kappa shape index (κ1) is 9.28. The van der Waals surface area contributed by atoms with Crippen molar-refractivity contribution >= 4 is 35.1 Å². The van der Waals surface area contributed by atoms with Crippen molar-refractivity contribution in [1.82, 2.24) is 0 Å². The van der Waals surface area contributed by atoms with Crippen molar-refractivity contribution in [3.05, 3.63) is 0 Å². The third-order valence-electron chi connectivity index (χ3n) is 0. The van der Waals surface area contributed by atoms with Crippen LogP contribution in [0.1, 0.15) is 0 Å². The second kappa shape index (κ2) is 4.84. The summed E-state index contributed by atoms with van der Waals surface area (Å²) < 4.78 is 18.0. The number of halogens is 1. The number of hydrogen-bond donors (Lipinski definition) is 0. The largest absolute Gasteiger partial charge is 0.773 e. The maximum Gasteiger partial charge on any atom is -0.00142 e. The van der Waals surface area contributed by atoms with E-state index in [-0.39, 0.29) is 24.0 Å². The minimum absolute atomic E-state index is 0. The second-order valence-corrected chi connectivity index (χ2v) is 1.20. The van der Waals surface area contributed by atoms with Gasteiger partial charge in [-0.25, -0.2) is 0 Å². The van der Waals surface area contributed by atoms with Gasteiger partial charge in [0.15, 0.2) is 0 Å². The van der Waals surface area contributed by atoms with Crippen LogP contribution in [0, 0.1) is 0 Å². The smallest absolute Gasteiger partial charge is 0.00142 e. The van der Waals surface area contributed by atoms with Gasteiger partial charge < -0.3 is 4.55 Å². The van der Waals surface area contributed by atoms with Crippen LogP contribution >= 0.6 is 24.0 Å². The molecule has 0 aliphatic carbocycles. The summed E-state index contributed by atoms with van der Waals surface area (Å²) in [7, 11) is 0. The highest BCUT2D eigenvalue weighted by atomic mass is 127. The average Bonchev–Trinajstić information content (AvgIpc) is 0.811. The van der Waals surface area contributed by atoms with Crippen LogP contribution in [0.4, 0.5) is 0 Å². The van der Waals surface area contributed by atoms with Gasteiger partial charge in [-0.05, 0) is 6.26 Å². The molecular formula is CH4IO2S-. The van der Waals surface area contributed by atoms with Crippen molar-refractivity contribution < 1.29 is 8.76 Å². The van der Waals surface area contributed by atoms with Crippen LogP contribution < -0.4 is 0 Å². The lowest BCUT2D eigenvalue weighted by molar-refractivity contribution is 0.543. The fourth-order valence-corrected chi connectivity index (χ4v) is 0. The lowest BCUT2D eigenvalue weighted by Crippen LogP contribution is -1.73. The van der Waals surface area contributed by atoms with E-state index in [2.05, 4.69) is 0 Å². The Hall–Kier alpha value is 0.840. The minimum atomic E-state index is -1.86. The molecule has 0 aliphatic rings. The average molecular weight is 207 g/mol. The van der Waals surface area contributed by atoms with Crippen LogP contribution in [0.5, 0.6) is 0 Å². The van der Waals surface area contributed by atoms with Crippen molar-refractivity contribution in [2.45, 2.75) is 0 Å². The number of hydrogen-bond acceptors (Lipinski definition) is 2. The summed E-state index contributed by atoms with van der Waals surface area (Å²) in [6.07, 6.45) is 1.08. The SMILES string of the molecule is CS(=O)[O-].I.